The van der Waals surface area contributed by atoms with Crippen LogP contribution in [0.25, 0.3) is 10.8 Å². The molecule has 0 bridgehead atoms. The van der Waals surface area contributed by atoms with Gasteiger partial charge in [-0.25, -0.2) is 4.79 Å². The molecule has 0 spiro atoms. The topological polar surface area (TPSA) is 74.8 Å². The lowest BCUT2D eigenvalue weighted by atomic mass is 10.1. The molecule has 1 aromatic heterocycles. The number of benzene rings is 1. The predicted octanol–water partition coefficient (Wildman–Crippen LogP) is 3.57. The van der Waals surface area contributed by atoms with Crippen molar-refractivity contribution in [2.45, 2.75) is 58.7 Å². The van der Waals surface area contributed by atoms with Crippen LogP contribution in [0.1, 0.15) is 46.1 Å². The molecular formula is C24H34N4O3. The Labute approximate surface area is 184 Å². The van der Waals surface area contributed by atoms with Gasteiger partial charge in [0.25, 0.3) is 0 Å². The SMILES string of the molecule is C[C@@H]1CN(C(=O)CNC(=O)OC(C)(C)C)CCCCN1Cc1ccc2cnccc2c1. The summed E-state index contributed by atoms with van der Waals surface area (Å²) in [4.78, 5) is 33.1. The average molecular weight is 427 g/mol. The van der Waals surface area contributed by atoms with Crippen molar-refractivity contribution < 1.29 is 14.3 Å². The van der Waals surface area contributed by atoms with Crippen LogP contribution in [0.5, 0.6) is 0 Å². The van der Waals surface area contributed by atoms with Gasteiger partial charge >= 0.3 is 6.09 Å². The second kappa shape index (κ2) is 10.1. The van der Waals surface area contributed by atoms with E-state index in [4.69, 9.17) is 4.74 Å². The molecule has 2 aromatic rings. The zero-order chi connectivity index (χ0) is 22.4. The van der Waals surface area contributed by atoms with Crippen molar-refractivity contribution in [2.75, 3.05) is 26.2 Å². The molecule has 0 radical (unpaired) electrons. The number of nitrogens with one attached hydrogen (secondary N) is 1. The van der Waals surface area contributed by atoms with Crippen molar-refractivity contribution in [3.63, 3.8) is 0 Å². The minimum Gasteiger partial charge on any atom is -0.444 e. The molecule has 3 rings (SSSR count). The zero-order valence-electron chi connectivity index (χ0n) is 19.1. The molecule has 0 saturated carbocycles. The van der Waals surface area contributed by atoms with E-state index in [1.165, 1.54) is 10.9 Å². The lowest BCUT2D eigenvalue weighted by molar-refractivity contribution is -0.131. The number of carbonyl (C=O) groups is 2. The first-order chi connectivity index (χ1) is 14.7. The van der Waals surface area contributed by atoms with Crippen LogP contribution in [-0.4, -0.2) is 64.6 Å². The molecule has 1 saturated heterocycles. The maximum absolute atomic E-state index is 12.7. The van der Waals surface area contributed by atoms with E-state index in [1.807, 2.05) is 23.4 Å². The molecule has 7 heteroatoms. The highest BCUT2D eigenvalue weighted by Crippen LogP contribution is 2.19. The summed E-state index contributed by atoms with van der Waals surface area (Å²) >= 11 is 0. The number of aromatic nitrogens is 1. The molecule has 0 unspecified atom stereocenters. The Morgan fingerprint density at radius 3 is 2.71 bits per heavy atom. The third kappa shape index (κ3) is 6.92. The fourth-order valence-corrected chi connectivity index (χ4v) is 3.86. The van der Waals surface area contributed by atoms with Gasteiger partial charge in [0, 0.05) is 43.5 Å². The Kier molecular flexibility index (Phi) is 7.49. The normalized spacial score (nSPS) is 18.3. The van der Waals surface area contributed by atoms with E-state index >= 15 is 0 Å². The number of fused-ring (bicyclic) bond motifs is 1. The van der Waals surface area contributed by atoms with Crippen LogP contribution in [0.2, 0.25) is 0 Å². The molecule has 0 aliphatic carbocycles. The summed E-state index contributed by atoms with van der Waals surface area (Å²) in [5, 5.41) is 4.92. The smallest absolute Gasteiger partial charge is 0.408 e. The largest absolute Gasteiger partial charge is 0.444 e. The average Bonchev–Trinajstić information content (AvgIpc) is 2.70. The Bertz CT molecular complexity index is 909. The Hall–Kier alpha value is -2.67. The van der Waals surface area contributed by atoms with Crippen molar-refractivity contribution in [2.24, 2.45) is 0 Å². The van der Waals surface area contributed by atoms with Gasteiger partial charge in [-0.15, -0.1) is 0 Å². The lowest BCUT2D eigenvalue weighted by Crippen LogP contribution is -2.49. The number of rotatable bonds is 4. The summed E-state index contributed by atoms with van der Waals surface area (Å²) in [5.41, 5.74) is 0.678. The van der Waals surface area contributed by atoms with Crippen molar-refractivity contribution >= 4 is 22.8 Å². The second-order valence-corrected chi connectivity index (χ2v) is 9.28. The van der Waals surface area contributed by atoms with E-state index in [1.54, 1.807) is 20.8 Å². The van der Waals surface area contributed by atoms with Gasteiger partial charge in [0.2, 0.25) is 5.91 Å². The first-order valence-corrected chi connectivity index (χ1v) is 11.0. The van der Waals surface area contributed by atoms with E-state index in [0.29, 0.717) is 6.54 Å². The molecule has 1 N–H and O–H groups in total. The van der Waals surface area contributed by atoms with Gasteiger partial charge in [0.05, 0.1) is 0 Å². The standard InChI is InChI=1S/C24H34N4O3/c1-18-16-28(22(29)15-26-23(30)31-24(2,3)4)12-6-5-11-27(18)17-19-7-8-21-14-25-10-9-20(21)13-19/h7-10,13-14,18H,5-6,11-12,15-17H2,1-4H3,(H,26,30)/t18-/m1/s1. The van der Waals surface area contributed by atoms with Gasteiger partial charge in [-0.05, 0) is 70.2 Å². The number of carbonyl (C=O) groups excluding carboxylic acids is 2. The van der Waals surface area contributed by atoms with Crippen molar-refractivity contribution in [3.05, 3.63) is 42.2 Å². The van der Waals surface area contributed by atoms with Gasteiger partial charge in [0.1, 0.15) is 12.1 Å². The number of nitrogens with zero attached hydrogens (tertiary/aromatic N) is 3. The van der Waals surface area contributed by atoms with Crippen LogP contribution in [0.15, 0.2) is 36.7 Å². The summed E-state index contributed by atoms with van der Waals surface area (Å²) in [6.45, 7) is 10.7. The molecule has 168 valence electrons. The molecule has 2 heterocycles. The Morgan fingerprint density at radius 2 is 1.94 bits per heavy atom. The minimum atomic E-state index is -0.581. The lowest BCUT2D eigenvalue weighted by Gasteiger charge is -2.36. The van der Waals surface area contributed by atoms with Crippen LogP contribution in [0.3, 0.4) is 0 Å². The van der Waals surface area contributed by atoms with E-state index in [2.05, 4.69) is 40.3 Å². The molecule has 31 heavy (non-hydrogen) atoms. The fourth-order valence-electron chi connectivity index (χ4n) is 3.86. The molecule has 1 aliphatic rings. The Balaban J connectivity index is 1.58. The van der Waals surface area contributed by atoms with Crippen LogP contribution in [-0.2, 0) is 16.1 Å². The summed E-state index contributed by atoms with van der Waals surface area (Å²) < 4.78 is 5.22. The molecular weight excluding hydrogens is 392 g/mol. The van der Waals surface area contributed by atoms with E-state index < -0.39 is 11.7 Å². The summed E-state index contributed by atoms with van der Waals surface area (Å²) in [6.07, 6.45) is 5.12. The maximum Gasteiger partial charge on any atom is 0.408 e. The van der Waals surface area contributed by atoms with Crippen LogP contribution in [0.4, 0.5) is 4.79 Å². The first-order valence-electron chi connectivity index (χ1n) is 11.0. The number of alkyl carbamates (subject to hydrolysis) is 1. The second-order valence-electron chi connectivity index (χ2n) is 9.28. The first kappa shape index (κ1) is 23.0. The summed E-state index contributed by atoms with van der Waals surface area (Å²) in [7, 11) is 0. The molecule has 2 amide bonds. The van der Waals surface area contributed by atoms with Crippen LogP contribution >= 0.6 is 0 Å². The minimum absolute atomic E-state index is 0.0413. The highest BCUT2D eigenvalue weighted by Gasteiger charge is 2.24. The number of hydrogen-bond acceptors (Lipinski definition) is 5. The van der Waals surface area contributed by atoms with Crippen molar-refractivity contribution in [1.29, 1.82) is 0 Å². The van der Waals surface area contributed by atoms with E-state index in [0.717, 1.165) is 37.9 Å². The molecule has 1 atom stereocenters. The molecule has 1 aliphatic heterocycles. The molecule has 7 nitrogen and oxygen atoms in total. The van der Waals surface area contributed by atoms with E-state index in [9.17, 15) is 9.59 Å². The number of hydrogen-bond donors (Lipinski definition) is 1. The fraction of sp³-hybridized carbons (Fsp3) is 0.542. The van der Waals surface area contributed by atoms with Crippen LogP contribution in [0, 0.1) is 0 Å². The van der Waals surface area contributed by atoms with Crippen molar-refractivity contribution in [3.8, 4) is 0 Å². The highest BCUT2D eigenvalue weighted by atomic mass is 16.6. The van der Waals surface area contributed by atoms with Gasteiger partial charge in [-0.3, -0.25) is 14.7 Å². The van der Waals surface area contributed by atoms with Gasteiger partial charge < -0.3 is 15.0 Å². The molecule has 1 fully saturated rings. The number of pyridine rings is 1. The monoisotopic (exact) mass is 426 g/mol. The Morgan fingerprint density at radius 1 is 1.16 bits per heavy atom. The van der Waals surface area contributed by atoms with Gasteiger partial charge in [0.15, 0.2) is 0 Å². The van der Waals surface area contributed by atoms with Gasteiger partial charge in [-0.2, -0.15) is 0 Å². The highest BCUT2D eigenvalue weighted by molar-refractivity contribution is 5.82. The predicted molar refractivity (Wildman–Crippen MR) is 122 cm³/mol. The molecule has 1 aromatic carbocycles. The summed E-state index contributed by atoms with van der Waals surface area (Å²) in [5.74, 6) is -0.0715. The number of ether oxygens (including phenoxy) is 1. The third-order valence-corrected chi connectivity index (χ3v) is 5.46. The third-order valence-electron chi connectivity index (χ3n) is 5.46. The van der Waals surface area contributed by atoms with Crippen LogP contribution < -0.4 is 5.32 Å². The van der Waals surface area contributed by atoms with E-state index in [-0.39, 0.29) is 18.5 Å². The van der Waals surface area contributed by atoms with Gasteiger partial charge in [-0.1, -0.05) is 12.1 Å². The summed E-state index contributed by atoms with van der Waals surface area (Å²) in [6, 6.07) is 8.75. The quantitative estimate of drug-likeness (QED) is 0.809. The number of amides is 2. The van der Waals surface area contributed by atoms with Crippen molar-refractivity contribution in [1.82, 2.24) is 20.1 Å². The maximum atomic E-state index is 12.7. The zero-order valence-corrected chi connectivity index (χ0v) is 19.1.